The van der Waals surface area contributed by atoms with Crippen LogP contribution in [0.3, 0.4) is 0 Å². The highest BCUT2D eigenvalue weighted by molar-refractivity contribution is 5.92. The number of benzene rings is 2. The third-order valence-electron chi connectivity index (χ3n) is 6.80. The molecule has 2 fully saturated rings. The number of hydrogen-bond donors (Lipinski definition) is 0. The Hall–Kier alpha value is -3.94. The predicted molar refractivity (Wildman–Crippen MR) is 152 cm³/mol. The Kier molecular flexibility index (Phi) is 14.2. The first-order chi connectivity index (χ1) is 20.0. The van der Waals surface area contributed by atoms with E-state index in [0.717, 1.165) is 62.5 Å². The summed E-state index contributed by atoms with van der Waals surface area (Å²) in [7, 11) is 0. The first-order valence-corrected chi connectivity index (χ1v) is 14.5. The van der Waals surface area contributed by atoms with Crippen LogP contribution in [0.4, 0.5) is 0 Å². The summed E-state index contributed by atoms with van der Waals surface area (Å²) in [6.07, 6.45) is 12.7. The highest BCUT2D eigenvalue weighted by Crippen LogP contribution is 2.21. The third kappa shape index (κ3) is 13.8. The molecule has 2 aromatic carbocycles. The molecule has 0 N–H and O–H groups in total. The second-order valence-corrected chi connectivity index (χ2v) is 10.2. The summed E-state index contributed by atoms with van der Waals surface area (Å²) in [5, 5.41) is 0. The minimum absolute atomic E-state index is 0.0234. The van der Waals surface area contributed by atoms with Gasteiger partial charge in [0.05, 0.1) is 0 Å². The molecule has 220 valence electrons. The van der Waals surface area contributed by atoms with Gasteiger partial charge >= 0.3 is 23.9 Å². The lowest BCUT2D eigenvalue weighted by Crippen LogP contribution is -2.21. The molecule has 0 bridgehead atoms. The molecule has 0 atom stereocenters. The number of esters is 4. The van der Waals surface area contributed by atoms with Crippen LogP contribution in [-0.4, -0.2) is 36.1 Å². The molecule has 8 nitrogen and oxygen atoms in total. The summed E-state index contributed by atoms with van der Waals surface area (Å²) in [5.41, 5.74) is 1.76. The highest BCUT2D eigenvalue weighted by atomic mass is 16.6. The van der Waals surface area contributed by atoms with Gasteiger partial charge < -0.3 is 18.9 Å². The lowest BCUT2D eigenvalue weighted by atomic mass is 9.98. The van der Waals surface area contributed by atoms with E-state index < -0.39 is 23.9 Å². The van der Waals surface area contributed by atoms with Gasteiger partial charge in [-0.1, -0.05) is 73.5 Å². The van der Waals surface area contributed by atoms with Crippen molar-refractivity contribution in [3.05, 3.63) is 83.9 Å². The van der Waals surface area contributed by atoms with E-state index in [1.807, 2.05) is 60.7 Å². The van der Waals surface area contributed by atoms with Crippen molar-refractivity contribution in [2.45, 2.75) is 96.1 Å². The Morgan fingerprint density at radius 2 is 0.927 bits per heavy atom. The molecule has 2 aliphatic rings. The molecule has 4 rings (SSSR count). The molecule has 8 heteroatoms. The van der Waals surface area contributed by atoms with Crippen LogP contribution in [0, 0.1) is 0 Å². The van der Waals surface area contributed by atoms with Crippen LogP contribution in [0.1, 0.15) is 81.8 Å². The summed E-state index contributed by atoms with van der Waals surface area (Å²) in [6, 6.07) is 18.6. The molecule has 0 spiro atoms. The predicted octanol–water partition coefficient (Wildman–Crippen LogP) is 6.16. The van der Waals surface area contributed by atoms with Gasteiger partial charge in [-0.25, -0.2) is 9.59 Å². The van der Waals surface area contributed by atoms with E-state index in [1.165, 1.54) is 25.0 Å². The molecule has 2 saturated carbocycles. The van der Waals surface area contributed by atoms with Crippen LogP contribution in [0.5, 0.6) is 0 Å². The lowest BCUT2D eigenvalue weighted by Gasteiger charge is -2.21. The monoisotopic (exact) mass is 564 g/mol. The summed E-state index contributed by atoms with van der Waals surface area (Å²) in [4.78, 5) is 46.2. The van der Waals surface area contributed by atoms with E-state index in [0.29, 0.717) is 0 Å². The molecule has 0 heterocycles. The maximum absolute atomic E-state index is 11.6. The quantitative estimate of drug-likeness (QED) is 0.146. The van der Waals surface area contributed by atoms with Gasteiger partial charge in [0.2, 0.25) is 0 Å². The Bertz CT molecular complexity index is 1010. The number of rotatable bonds is 10. The van der Waals surface area contributed by atoms with E-state index in [-0.39, 0.29) is 31.8 Å². The van der Waals surface area contributed by atoms with Gasteiger partial charge in [-0.2, -0.15) is 0 Å². The fourth-order valence-corrected chi connectivity index (χ4v) is 4.61. The van der Waals surface area contributed by atoms with Crippen molar-refractivity contribution in [2.24, 2.45) is 0 Å². The smallest absolute Gasteiger partial charge is 0.331 e. The highest BCUT2D eigenvalue weighted by Gasteiger charge is 2.18. The Morgan fingerprint density at radius 1 is 0.561 bits per heavy atom. The van der Waals surface area contributed by atoms with Crippen molar-refractivity contribution in [3.63, 3.8) is 0 Å². The maximum Gasteiger partial charge on any atom is 0.331 e. The first-order valence-electron chi connectivity index (χ1n) is 14.5. The molecular weight excluding hydrogens is 524 g/mol. The summed E-state index contributed by atoms with van der Waals surface area (Å²) >= 11 is 0. The van der Waals surface area contributed by atoms with Gasteiger partial charge in [0.25, 0.3) is 0 Å². The van der Waals surface area contributed by atoms with E-state index in [9.17, 15) is 19.2 Å². The normalized spacial score (nSPS) is 15.7. The third-order valence-corrected chi connectivity index (χ3v) is 6.80. The molecule has 0 radical (unpaired) electrons. The average molecular weight is 565 g/mol. The van der Waals surface area contributed by atoms with Gasteiger partial charge in [0.1, 0.15) is 31.8 Å². The molecule has 0 amide bonds. The minimum Gasteiger partial charge on any atom is -0.460 e. The second kappa shape index (κ2) is 18.4. The SMILES string of the molecule is O=C(/C=C\C(=O)OC1CCCCC1)OC1CCCCC1.O=C(CC(=O)OCc1ccccc1)OCc1ccccc1. The minimum atomic E-state index is -0.586. The van der Waals surface area contributed by atoms with Gasteiger partial charge in [0.15, 0.2) is 0 Å². The van der Waals surface area contributed by atoms with E-state index in [2.05, 4.69) is 0 Å². The topological polar surface area (TPSA) is 105 Å². The standard InChI is InChI=1S/C17H16O4.C16H24O4/c18-16(20-12-14-7-3-1-4-8-14)11-17(19)21-13-15-9-5-2-6-10-15;17-15(19-13-7-3-1-4-8-13)11-12-16(18)20-14-9-5-2-6-10-14/h1-10H,11-13H2;11-14H,1-10H2/b;12-11-. The summed E-state index contributed by atoms with van der Waals surface area (Å²) in [5.74, 6) is -2.04. The van der Waals surface area contributed by atoms with Crippen LogP contribution in [-0.2, 0) is 51.3 Å². The number of ether oxygens (including phenoxy) is 4. The molecule has 0 unspecified atom stereocenters. The molecule has 0 saturated heterocycles. The van der Waals surface area contributed by atoms with Crippen molar-refractivity contribution in [1.82, 2.24) is 0 Å². The first kappa shape index (κ1) is 31.6. The zero-order valence-electron chi connectivity index (χ0n) is 23.5. The van der Waals surface area contributed by atoms with Crippen LogP contribution >= 0.6 is 0 Å². The van der Waals surface area contributed by atoms with Crippen molar-refractivity contribution in [1.29, 1.82) is 0 Å². The Morgan fingerprint density at radius 3 is 1.29 bits per heavy atom. The molecule has 2 aliphatic carbocycles. The zero-order chi connectivity index (χ0) is 29.1. The molecule has 0 aromatic heterocycles. The van der Waals surface area contributed by atoms with Crippen LogP contribution < -0.4 is 0 Å². The Balaban J connectivity index is 0.000000226. The Labute approximate surface area is 242 Å². The fourth-order valence-electron chi connectivity index (χ4n) is 4.61. The van der Waals surface area contributed by atoms with Crippen LogP contribution in [0.2, 0.25) is 0 Å². The van der Waals surface area contributed by atoms with E-state index in [1.54, 1.807) is 0 Å². The summed E-state index contributed by atoms with van der Waals surface area (Å²) in [6.45, 7) is 0.317. The van der Waals surface area contributed by atoms with Crippen molar-refractivity contribution in [2.75, 3.05) is 0 Å². The second-order valence-electron chi connectivity index (χ2n) is 10.2. The number of hydrogen-bond acceptors (Lipinski definition) is 8. The fraction of sp³-hybridized carbons (Fsp3) is 0.455. The largest absolute Gasteiger partial charge is 0.460 e. The van der Waals surface area contributed by atoms with Gasteiger partial charge in [-0.05, 0) is 62.5 Å². The number of carbonyl (C=O) groups excluding carboxylic acids is 4. The molecular formula is C33H40O8. The molecule has 2 aromatic rings. The zero-order valence-corrected chi connectivity index (χ0v) is 23.5. The maximum atomic E-state index is 11.6. The van der Waals surface area contributed by atoms with E-state index in [4.69, 9.17) is 18.9 Å². The van der Waals surface area contributed by atoms with Gasteiger partial charge in [-0.15, -0.1) is 0 Å². The molecule has 41 heavy (non-hydrogen) atoms. The van der Waals surface area contributed by atoms with Crippen LogP contribution in [0.25, 0.3) is 0 Å². The molecule has 0 aliphatic heterocycles. The number of carbonyl (C=O) groups is 4. The van der Waals surface area contributed by atoms with Crippen molar-refractivity contribution < 1.29 is 38.1 Å². The lowest BCUT2D eigenvalue weighted by molar-refractivity contribution is -0.156. The van der Waals surface area contributed by atoms with Crippen LogP contribution in [0.15, 0.2) is 72.8 Å². The van der Waals surface area contributed by atoms with Crippen molar-refractivity contribution in [3.8, 4) is 0 Å². The summed E-state index contributed by atoms with van der Waals surface area (Å²) < 4.78 is 20.6. The average Bonchev–Trinajstić information content (AvgIpc) is 3.00. The van der Waals surface area contributed by atoms with Crippen molar-refractivity contribution >= 4 is 23.9 Å². The van der Waals surface area contributed by atoms with Gasteiger partial charge in [-0.3, -0.25) is 9.59 Å². The van der Waals surface area contributed by atoms with E-state index >= 15 is 0 Å². The van der Waals surface area contributed by atoms with Gasteiger partial charge in [0, 0.05) is 12.2 Å².